The Kier molecular flexibility index (Phi) is 7.07. The number of aromatic carboxylic acids is 1. The molecule has 1 aliphatic carbocycles. The summed E-state index contributed by atoms with van der Waals surface area (Å²) in [6.07, 6.45) is 4.35. The molecule has 1 aromatic carbocycles. The summed E-state index contributed by atoms with van der Waals surface area (Å²) in [6.45, 7) is 14.0. The maximum absolute atomic E-state index is 11.0. The molecule has 3 rings (SSSR count). The minimum atomic E-state index is -0.878. The van der Waals surface area contributed by atoms with Crippen LogP contribution < -0.4 is 4.90 Å². The number of rotatable bonds is 7. The maximum atomic E-state index is 11.0. The zero-order valence-electron chi connectivity index (χ0n) is 17.7. The van der Waals surface area contributed by atoms with E-state index in [2.05, 4.69) is 30.2 Å². The van der Waals surface area contributed by atoms with E-state index in [0.717, 1.165) is 57.7 Å². The molecule has 1 N–H and O–H groups in total. The Balaban J connectivity index is 1.63. The molecule has 0 saturated carbocycles. The van der Waals surface area contributed by atoms with E-state index in [-0.39, 0.29) is 0 Å². The molecule has 0 unspecified atom stereocenters. The molecular formula is C24H33ClN2O2. The molecule has 0 aromatic heterocycles. The number of benzene rings is 1. The molecule has 158 valence electrons. The van der Waals surface area contributed by atoms with Crippen LogP contribution in [0.15, 0.2) is 47.6 Å². The van der Waals surface area contributed by atoms with Crippen molar-refractivity contribution in [3.05, 3.63) is 53.1 Å². The number of carboxylic acids is 1. The zero-order valence-corrected chi connectivity index (χ0v) is 18.5. The topological polar surface area (TPSA) is 43.8 Å². The Labute approximate surface area is 179 Å². The predicted octanol–water partition coefficient (Wildman–Crippen LogP) is 5.20. The lowest BCUT2D eigenvalue weighted by molar-refractivity contribution is 0.0697. The summed E-state index contributed by atoms with van der Waals surface area (Å²) in [5, 5.41) is 9.07. The summed E-state index contributed by atoms with van der Waals surface area (Å²) in [5.74, 6) is -0.241. The molecule has 29 heavy (non-hydrogen) atoms. The van der Waals surface area contributed by atoms with Crippen molar-refractivity contribution in [2.24, 2.45) is 5.41 Å². The van der Waals surface area contributed by atoms with Crippen LogP contribution in [0.3, 0.4) is 0 Å². The Bertz CT molecular complexity index is 775. The second-order valence-corrected chi connectivity index (χ2v) is 9.46. The minimum absolute atomic E-state index is 0.337. The number of carboxylic acid groups (broad SMARTS) is 1. The van der Waals surface area contributed by atoms with E-state index in [4.69, 9.17) is 16.7 Å². The molecule has 1 aromatic rings. The van der Waals surface area contributed by atoms with Crippen molar-refractivity contribution in [2.75, 3.05) is 43.5 Å². The fraction of sp³-hybridized carbons (Fsp3) is 0.542. The van der Waals surface area contributed by atoms with E-state index in [1.54, 1.807) is 17.7 Å². The third kappa shape index (κ3) is 5.64. The minimum Gasteiger partial charge on any atom is -0.478 e. The van der Waals surface area contributed by atoms with Crippen LogP contribution in [0.25, 0.3) is 0 Å². The average Bonchev–Trinajstić information content (AvgIpc) is 2.68. The van der Waals surface area contributed by atoms with Gasteiger partial charge in [-0.05, 0) is 60.9 Å². The number of carbonyl (C=O) groups is 1. The molecule has 4 nitrogen and oxygen atoms in total. The van der Waals surface area contributed by atoms with Gasteiger partial charge in [0.2, 0.25) is 0 Å². The summed E-state index contributed by atoms with van der Waals surface area (Å²) in [4.78, 5) is 15.9. The van der Waals surface area contributed by atoms with Crippen LogP contribution in [-0.2, 0) is 0 Å². The molecule has 1 saturated heterocycles. The zero-order chi connectivity index (χ0) is 21.0. The van der Waals surface area contributed by atoms with Crippen molar-refractivity contribution in [3.8, 4) is 0 Å². The van der Waals surface area contributed by atoms with Crippen LogP contribution in [0.4, 0.5) is 5.69 Å². The van der Waals surface area contributed by atoms with E-state index >= 15 is 0 Å². The maximum Gasteiger partial charge on any atom is 0.335 e. The van der Waals surface area contributed by atoms with Gasteiger partial charge in [0.05, 0.1) is 5.56 Å². The van der Waals surface area contributed by atoms with Crippen LogP contribution in [0.1, 0.15) is 49.9 Å². The van der Waals surface area contributed by atoms with Crippen LogP contribution in [0.5, 0.6) is 0 Å². The van der Waals surface area contributed by atoms with Gasteiger partial charge in [0.1, 0.15) is 0 Å². The quantitative estimate of drug-likeness (QED) is 0.620. The van der Waals surface area contributed by atoms with Crippen molar-refractivity contribution in [2.45, 2.75) is 39.5 Å². The van der Waals surface area contributed by atoms with Gasteiger partial charge in [-0.3, -0.25) is 4.90 Å². The first-order valence-electron chi connectivity index (χ1n) is 10.5. The number of piperazine rings is 1. The van der Waals surface area contributed by atoms with Crippen molar-refractivity contribution in [1.82, 2.24) is 4.90 Å². The lowest BCUT2D eigenvalue weighted by atomic mass is 9.72. The van der Waals surface area contributed by atoms with E-state index in [1.807, 2.05) is 12.1 Å². The second-order valence-electron chi connectivity index (χ2n) is 9.08. The fourth-order valence-electron chi connectivity index (χ4n) is 4.50. The SMILES string of the molecule is C=C(CCCl)C1=C(CN2CCN(c3ccc(C(=O)O)cc3)CC2)CC(C)(C)CC1. The van der Waals surface area contributed by atoms with Gasteiger partial charge in [-0.1, -0.05) is 31.6 Å². The highest BCUT2D eigenvalue weighted by Gasteiger charge is 2.29. The van der Waals surface area contributed by atoms with Gasteiger partial charge in [-0.2, -0.15) is 0 Å². The Morgan fingerprint density at radius 1 is 1.17 bits per heavy atom. The molecular weight excluding hydrogens is 384 g/mol. The third-order valence-corrected chi connectivity index (χ3v) is 6.45. The van der Waals surface area contributed by atoms with Crippen LogP contribution in [0, 0.1) is 5.41 Å². The van der Waals surface area contributed by atoms with Crippen LogP contribution >= 0.6 is 11.6 Å². The monoisotopic (exact) mass is 416 g/mol. The number of alkyl halides is 1. The summed E-state index contributed by atoms with van der Waals surface area (Å²) in [6, 6.07) is 7.21. The highest BCUT2D eigenvalue weighted by Crippen LogP contribution is 2.41. The first kappa shape index (κ1) is 21.9. The summed E-state index contributed by atoms with van der Waals surface area (Å²) in [5.41, 5.74) is 6.04. The number of hydrogen-bond donors (Lipinski definition) is 1. The molecule has 1 heterocycles. The van der Waals surface area contributed by atoms with Gasteiger partial charge in [0.25, 0.3) is 0 Å². The highest BCUT2D eigenvalue weighted by atomic mass is 35.5. The molecule has 0 bridgehead atoms. The van der Waals surface area contributed by atoms with Gasteiger partial charge in [-0.15, -0.1) is 11.6 Å². The summed E-state index contributed by atoms with van der Waals surface area (Å²) in [7, 11) is 0. The van der Waals surface area contributed by atoms with E-state index in [1.165, 1.54) is 17.6 Å². The van der Waals surface area contributed by atoms with E-state index in [9.17, 15) is 4.79 Å². The number of nitrogens with zero attached hydrogens (tertiary/aromatic N) is 2. The van der Waals surface area contributed by atoms with Gasteiger partial charge < -0.3 is 10.0 Å². The van der Waals surface area contributed by atoms with Crippen molar-refractivity contribution < 1.29 is 9.90 Å². The first-order chi connectivity index (χ1) is 13.8. The molecule has 0 spiro atoms. The largest absolute Gasteiger partial charge is 0.478 e. The summed E-state index contributed by atoms with van der Waals surface area (Å²) >= 11 is 5.98. The fourth-order valence-corrected chi connectivity index (χ4v) is 4.73. The van der Waals surface area contributed by atoms with E-state index < -0.39 is 5.97 Å². The Hall–Kier alpha value is -1.78. The van der Waals surface area contributed by atoms with Crippen molar-refractivity contribution >= 4 is 23.3 Å². The Morgan fingerprint density at radius 2 is 1.83 bits per heavy atom. The van der Waals surface area contributed by atoms with E-state index in [0.29, 0.717) is 16.9 Å². The standard InChI is InChI=1S/C24H33ClN2O2/c1-18(9-11-25)22-8-10-24(2,3)16-20(22)17-26-12-14-27(15-13-26)21-6-4-19(5-7-21)23(28)29/h4-7H,1,8-17H2,2-3H3,(H,28,29). The molecule has 5 heteroatoms. The van der Waals surface area contributed by atoms with Crippen molar-refractivity contribution in [1.29, 1.82) is 0 Å². The van der Waals surface area contributed by atoms with Crippen LogP contribution in [-0.4, -0.2) is 54.6 Å². The average molecular weight is 417 g/mol. The van der Waals surface area contributed by atoms with Gasteiger partial charge in [0, 0.05) is 44.3 Å². The number of hydrogen-bond acceptors (Lipinski definition) is 3. The summed E-state index contributed by atoms with van der Waals surface area (Å²) < 4.78 is 0. The van der Waals surface area contributed by atoms with Gasteiger partial charge in [-0.25, -0.2) is 4.79 Å². The normalized spacial score (nSPS) is 20.0. The van der Waals surface area contributed by atoms with Crippen LogP contribution in [0.2, 0.25) is 0 Å². The molecule has 0 amide bonds. The second kappa shape index (κ2) is 9.36. The number of anilines is 1. The Morgan fingerprint density at radius 3 is 2.41 bits per heavy atom. The van der Waals surface area contributed by atoms with Crippen molar-refractivity contribution in [3.63, 3.8) is 0 Å². The number of halogens is 1. The third-order valence-electron chi connectivity index (χ3n) is 6.26. The molecule has 1 fully saturated rings. The molecule has 0 atom stereocenters. The van der Waals surface area contributed by atoms with Gasteiger partial charge in [0.15, 0.2) is 0 Å². The molecule has 0 radical (unpaired) electrons. The van der Waals surface area contributed by atoms with Gasteiger partial charge >= 0.3 is 5.97 Å². The lowest BCUT2D eigenvalue weighted by Crippen LogP contribution is -2.47. The molecule has 2 aliphatic rings. The molecule has 1 aliphatic heterocycles. The lowest BCUT2D eigenvalue weighted by Gasteiger charge is -2.40. The smallest absolute Gasteiger partial charge is 0.335 e. The first-order valence-corrected chi connectivity index (χ1v) is 11.1. The predicted molar refractivity (Wildman–Crippen MR) is 121 cm³/mol. The highest BCUT2D eigenvalue weighted by molar-refractivity contribution is 6.18. The number of allylic oxidation sites excluding steroid dienone is 2.